The largest absolute Gasteiger partial charge is 0.468 e. The number of esters is 1. The molecule has 0 saturated heterocycles. The van der Waals surface area contributed by atoms with Crippen LogP contribution in [0.3, 0.4) is 0 Å². The van der Waals surface area contributed by atoms with Crippen molar-refractivity contribution in [3.05, 3.63) is 16.1 Å². The van der Waals surface area contributed by atoms with Crippen molar-refractivity contribution in [1.29, 1.82) is 0 Å². The minimum Gasteiger partial charge on any atom is -0.468 e. The maximum atomic E-state index is 11.8. The third-order valence-corrected chi connectivity index (χ3v) is 5.30. The van der Waals surface area contributed by atoms with E-state index in [-0.39, 0.29) is 5.97 Å². The predicted molar refractivity (Wildman–Crippen MR) is 70.9 cm³/mol. The van der Waals surface area contributed by atoms with E-state index in [0.717, 1.165) is 18.5 Å². The lowest BCUT2D eigenvalue weighted by molar-refractivity contribution is -0.143. The van der Waals surface area contributed by atoms with Gasteiger partial charge in [-0.2, -0.15) is 0 Å². The Labute approximate surface area is 112 Å². The summed E-state index contributed by atoms with van der Waals surface area (Å²) < 4.78 is 4.91. The molecule has 0 atom stereocenters. The highest BCUT2D eigenvalue weighted by Crippen LogP contribution is 2.50. The number of aromatic nitrogens is 1. The summed E-state index contributed by atoms with van der Waals surface area (Å²) in [6.45, 7) is 0. The topological polar surface area (TPSA) is 39.2 Å². The van der Waals surface area contributed by atoms with Gasteiger partial charge in [0.2, 0.25) is 0 Å². The van der Waals surface area contributed by atoms with Gasteiger partial charge in [0.05, 0.1) is 17.8 Å². The highest BCUT2D eigenvalue weighted by Gasteiger charge is 2.54. The lowest BCUT2D eigenvalue weighted by Gasteiger charge is -2.19. The van der Waals surface area contributed by atoms with Gasteiger partial charge in [0.25, 0.3) is 0 Å². The van der Waals surface area contributed by atoms with Gasteiger partial charge in [0.1, 0.15) is 5.41 Å². The molecule has 4 heteroatoms. The smallest absolute Gasteiger partial charge is 0.317 e. The van der Waals surface area contributed by atoms with E-state index >= 15 is 0 Å². The van der Waals surface area contributed by atoms with E-state index in [1.54, 1.807) is 11.3 Å². The first-order valence-corrected chi connectivity index (χ1v) is 7.68. The van der Waals surface area contributed by atoms with Crippen LogP contribution in [0.1, 0.15) is 61.6 Å². The summed E-state index contributed by atoms with van der Waals surface area (Å²) in [5.74, 6) is 0.522. The fraction of sp³-hybridized carbons (Fsp3) is 0.714. The van der Waals surface area contributed by atoms with Crippen molar-refractivity contribution in [3.8, 4) is 0 Å². The zero-order valence-electron chi connectivity index (χ0n) is 10.8. The normalized spacial score (nSPS) is 22.7. The number of hydrogen-bond donors (Lipinski definition) is 0. The van der Waals surface area contributed by atoms with Crippen LogP contribution in [0.15, 0.2) is 5.38 Å². The molecule has 98 valence electrons. The second-order valence-corrected chi connectivity index (χ2v) is 6.37. The van der Waals surface area contributed by atoms with Crippen molar-refractivity contribution in [2.24, 2.45) is 0 Å². The van der Waals surface area contributed by atoms with Crippen LogP contribution >= 0.6 is 11.3 Å². The standard InChI is InChI=1S/C14H19NO2S/c1-17-13(16)14(7-8-14)11-9-18-12(15-11)10-5-3-2-4-6-10/h9-10H,2-8H2,1H3. The van der Waals surface area contributed by atoms with Gasteiger partial charge in [-0.05, 0) is 25.7 Å². The highest BCUT2D eigenvalue weighted by atomic mass is 32.1. The Morgan fingerprint density at radius 2 is 2.11 bits per heavy atom. The summed E-state index contributed by atoms with van der Waals surface area (Å²) in [5, 5.41) is 3.31. The fourth-order valence-electron chi connectivity index (χ4n) is 2.93. The minimum atomic E-state index is -0.391. The molecule has 1 aromatic heterocycles. The summed E-state index contributed by atoms with van der Waals surface area (Å²) in [5.41, 5.74) is 0.568. The van der Waals surface area contributed by atoms with Gasteiger partial charge in [-0.1, -0.05) is 19.3 Å². The first-order chi connectivity index (χ1) is 8.76. The fourth-order valence-corrected chi connectivity index (χ4v) is 4.02. The van der Waals surface area contributed by atoms with Crippen LogP contribution in [0.4, 0.5) is 0 Å². The number of thiazole rings is 1. The molecular weight excluding hydrogens is 246 g/mol. The van der Waals surface area contributed by atoms with E-state index in [2.05, 4.69) is 5.38 Å². The number of hydrogen-bond acceptors (Lipinski definition) is 4. The van der Waals surface area contributed by atoms with Gasteiger partial charge in [0, 0.05) is 11.3 Å². The van der Waals surface area contributed by atoms with Crippen molar-refractivity contribution in [3.63, 3.8) is 0 Å². The quantitative estimate of drug-likeness (QED) is 0.786. The molecule has 2 fully saturated rings. The molecule has 2 aliphatic rings. The Morgan fingerprint density at radius 3 is 2.72 bits per heavy atom. The molecular formula is C14H19NO2S. The van der Waals surface area contributed by atoms with Crippen LogP contribution in [-0.4, -0.2) is 18.1 Å². The molecule has 0 aliphatic heterocycles. The van der Waals surface area contributed by atoms with Crippen molar-refractivity contribution >= 4 is 17.3 Å². The van der Waals surface area contributed by atoms with Crippen LogP contribution in [0.25, 0.3) is 0 Å². The highest BCUT2D eigenvalue weighted by molar-refractivity contribution is 7.09. The summed E-state index contributed by atoms with van der Waals surface area (Å²) in [7, 11) is 1.47. The first-order valence-electron chi connectivity index (χ1n) is 6.80. The van der Waals surface area contributed by atoms with Crippen LogP contribution in [0, 0.1) is 0 Å². The molecule has 0 amide bonds. The van der Waals surface area contributed by atoms with E-state index in [1.807, 2.05) is 0 Å². The molecule has 1 heterocycles. The Kier molecular flexibility index (Phi) is 3.14. The van der Waals surface area contributed by atoms with Crippen molar-refractivity contribution in [2.45, 2.75) is 56.3 Å². The maximum absolute atomic E-state index is 11.8. The number of methoxy groups -OCH3 is 1. The summed E-state index contributed by atoms with van der Waals surface area (Å²) >= 11 is 1.73. The molecule has 0 N–H and O–H groups in total. The van der Waals surface area contributed by atoms with E-state index < -0.39 is 5.41 Å². The van der Waals surface area contributed by atoms with Gasteiger partial charge in [-0.15, -0.1) is 11.3 Å². The predicted octanol–water partition coefficient (Wildman–Crippen LogP) is 3.40. The van der Waals surface area contributed by atoms with Crippen LogP contribution in [-0.2, 0) is 14.9 Å². The summed E-state index contributed by atoms with van der Waals surface area (Å²) in [6.07, 6.45) is 8.32. The molecule has 3 nitrogen and oxygen atoms in total. The van der Waals surface area contributed by atoms with Crippen LogP contribution < -0.4 is 0 Å². The second kappa shape index (κ2) is 4.65. The average molecular weight is 265 g/mol. The van der Waals surface area contributed by atoms with E-state index in [9.17, 15) is 4.79 Å². The van der Waals surface area contributed by atoms with Gasteiger partial charge < -0.3 is 4.74 Å². The lowest BCUT2D eigenvalue weighted by atomic mass is 9.90. The average Bonchev–Trinajstić information content (AvgIpc) is 3.09. The van der Waals surface area contributed by atoms with Gasteiger partial charge in [0.15, 0.2) is 0 Å². The SMILES string of the molecule is COC(=O)C1(c2csc(C3CCCCC3)n2)CC1. The zero-order chi connectivity index (χ0) is 12.6. The van der Waals surface area contributed by atoms with Gasteiger partial charge in [-0.25, -0.2) is 4.98 Å². The number of carbonyl (C=O) groups is 1. The Morgan fingerprint density at radius 1 is 1.39 bits per heavy atom. The molecule has 3 rings (SSSR count). The Bertz CT molecular complexity index is 444. The number of nitrogens with zero attached hydrogens (tertiary/aromatic N) is 1. The molecule has 0 bridgehead atoms. The molecule has 18 heavy (non-hydrogen) atoms. The molecule has 0 aromatic carbocycles. The summed E-state index contributed by atoms with van der Waals surface area (Å²) in [4.78, 5) is 16.6. The maximum Gasteiger partial charge on any atom is 0.317 e. The van der Waals surface area contributed by atoms with Crippen LogP contribution in [0.5, 0.6) is 0 Å². The molecule has 0 radical (unpaired) electrons. The minimum absolute atomic E-state index is 0.108. The molecule has 1 aromatic rings. The Balaban J connectivity index is 1.79. The Hall–Kier alpha value is -0.900. The van der Waals surface area contributed by atoms with Gasteiger partial charge in [-0.3, -0.25) is 4.79 Å². The third-order valence-electron chi connectivity index (χ3n) is 4.29. The molecule has 0 unspecified atom stereocenters. The number of carbonyl (C=O) groups excluding carboxylic acids is 1. The van der Waals surface area contributed by atoms with E-state index in [4.69, 9.17) is 9.72 Å². The van der Waals surface area contributed by atoms with Crippen LogP contribution in [0.2, 0.25) is 0 Å². The monoisotopic (exact) mass is 265 g/mol. The lowest BCUT2D eigenvalue weighted by Crippen LogP contribution is -2.22. The van der Waals surface area contributed by atoms with E-state index in [1.165, 1.54) is 44.2 Å². The molecule has 2 aliphatic carbocycles. The number of ether oxygens (including phenoxy) is 1. The molecule has 2 saturated carbocycles. The van der Waals surface area contributed by atoms with Crippen molar-refractivity contribution in [1.82, 2.24) is 4.98 Å². The second-order valence-electron chi connectivity index (χ2n) is 5.48. The third kappa shape index (κ3) is 1.96. The van der Waals surface area contributed by atoms with Gasteiger partial charge >= 0.3 is 5.97 Å². The van der Waals surface area contributed by atoms with Crippen molar-refractivity contribution in [2.75, 3.05) is 7.11 Å². The molecule has 0 spiro atoms. The van der Waals surface area contributed by atoms with Crippen molar-refractivity contribution < 1.29 is 9.53 Å². The summed E-state index contributed by atoms with van der Waals surface area (Å²) in [6, 6.07) is 0. The first kappa shape index (κ1) is 12.2. The van der Waals surface area contributed by atoms with E-state index in [0.29, 0.717) is 5.92 Å². The zero-order valence-corrected chi connectivity index (χ0v) is 11.6. The number of rotatable bonds is 3.